The highest BCUT2D eigenvalue weighted by molar-refractivity contribution is 9.10. The number of nitrogens with one attached hydrogen (secondary N) is 1. The quantitative estimate of drug-likeness (QED) is 0.753. The molecular formula is C11H15BrN4O. The van der Waals surface area contributed by atoms with Crippen LogP contribution in [0.3, 0.4) is 0 Å². The van der Waals surface area contributed by atoms with Gasteiger partial charge in [0.05, 0.1) is 4.47 Å². The van der Waals surface area contributed by atoms with Crippen molar-refractivity contribution in [2.75, 3.05) is 0 Å². The van der Waals surface area contributed by atoms with Crippen LogP contribution in [0.2, 0.25) is 0 Å². The molecule has 92 valence electrons. The molecule has 1 aromatic rings. The number of hydrogen-bond donors (Lipinski definition) is 2. The zero-order valence-electron chi connectivity index (χ0n) is 9.99. The molecule has 0 saturated carbocycles. The molecule has 0 radical (unpaired) electrons. The Balaban J connectivity index is 3.01. The zero-order chi connectivity index (χ0) is 12.7. The molecule has 1 atom stereocenters. The fourth-order valence-corrected chi connectivity index (χ4v) is 2.36. The summed E-state index contributed by atoms with van der Waals surface area (Å²) in [5.74, 6) is 0. The van der Waals surface area contributed by atoms with Crippen LogP contribution in [0.5, 0.6) is 0 Å². The topological polar surface area (TPSA) is 72.4 Å². The van der Waals surface area contributed by atoms with Crippen molar-refractivity contribution in [2.45, 2.75) is 33.1 Å². The minimum absolute atomic E-state index is 0.0376. The van der Waals surface area contributed by atoms with Crippen molar-refractivity contribution >= 4 is 21.6 Å². The van der Waals surface area contributed by atoms with Crippen molar-refractivity contribution in [1.29, 1.82) is 0 Å². The van der Waals surface area contributed by atoms with Crippen molar-refractivity contribution < 1.29 is 0 Å². The summed E-state index contributed by atoms with van der Waals surface area (Å²) >= 11 is 3.29. The highest BCUT2D eigenvalue weighted by Gasteiger charge is 2.14. The van der Waals surface area contributed by atoms with Gasteiger partial charge in [-0.3, -0.25) is 15.1 Å². The van der Waals surface area contributed by atoms with E-state index in [1.807, 2.05) is 20.8 Å². The molecule has 17 heavy (non-hydrogen) atoms. The summed E-state index contributed by atoms with van der Waals surface area (Å²) in [7, 11) is 0. The number of rotatable bonds is 1. The third-order valence-corrected chi connectivity index (χ3v) is 3.28. The van der Waals surface area contributed by atoms with E-state index in [0.29, 0.717) is 9.96 Å². The van der Waals surface area contributed by atoms with Gasteiger partial charge in [-0.1, -0.05) is 0 Å². The maximum Gasteiger partial charge on any atom is 0.266 e. The van der Waals surface area contributed by atoms with Crippen molar-refractivity contribution in [1.82, 2.24) is 9.88 Å². The van der Waals surface area contributed by atoms with Gasteiger partial charge in [0.2, 0.25) is 0 Å². The van der Waals surface area contributed by atoms with Gasteiger partial charge in [0.25, 0.3) is 5.56 Å². The van der Waals surface area contributed by atoms with Crippen LogP contribution in [0, 0.1) is 0 Å². The second-order valence-electron chi connectivity index (χ2n) is 4.34. The molecule has 2 heterocycles. The lowest BCUT2D eigenvalue weighted by molar-refractivity contribution is 0.513. The van der Waals surface area contributed by atoms with Crippen molar-refractivity contribution in [3.8, 4) is 0 Å². The molecule has 1 aliphatic heterocycles. The first-order valence-electron chi connectivity index (χ1n) is 5.43. The van der Waals surface area contributed by atoms with E-state index >= 15 is 0 Å². The molecule has 2 rings (SSSR count). The molecule has 0 fully saturated rings. The molecule has 0 bridgehead atoms. The molecule has 6 heteroatoms. The Morgan fingerprint density at radius 3 is 2.82 bits per heavy atom. The maximum absolute atomic E-state index is 12.1. The van der Waals surface area contributed by atoms with E-state index < -0.39 is 6.29 Å². The summed E-state index contributed by atoms with van der Waals surface area (Å²) in [5.41, 5.74) is 7.27. The Labute approximate surface area is 107 Å². The predicted molar refractivity (Wildman–Crippen MR) is 69.8 cm³/mol. The Morgan fingerprint density at radius 1 is 1.59 bits per heavy atom. The highest BCUT2D eigenvalue weighted by Crippen LogP contribution is 2.02. The number of fused-ring (bicyclic) bond motifs is 1. The zero-order valence-corrected chi connectivity index (χ0v) is 11.6. The van der Waals surface area contributed by atoms with Gasteiger partial charge < -0.3 is 5.32 Å². The fraction of sp³-hybridized carbons (Fsp3) is 0.455. The summed E-state index contributed by atoms with van der Waals surface area (Å²) in [6, 6.07) is 1.82. The Bertz CT molecular complexity index is 632. The van der Waals surface area contributed by atoms with Gasteiger partial charge >= 0.3 is 0 Å². The molecule has 3 N–H and O–H groups in total. The number of hydrogen-bond acceptors (Lipinski definition) is 4. The molecule has 0 aliphatic carbocycles. The average molecular weight is 299 g/mol. The number of halogens is 1. The second-order valence-corrected chi connectivity index (χ2v) is 5.20. The highest BCUT2D eigenvalue weighted by atomic mass is 79.9. The molecule has 0 spiro atoms. The maximum atomic E-state index is 12.1. The third kappa shape index (κ3) is 2.02. The van der Waals surface area contributed by atoms with Crippen LogP contribution in [-0.2, 0) is 0 Å². The summed E-state index contributed by atoms with van der Waals surface area (Å²) in [5, 5.41) is 3.95. The van der Waals surface area contributed by atoms with Crippen LogP contribution in [0.1, 0.15) is 26.8 Å². The van der Waals surface area contributed by atoms with E-state index in [-0.39, 0.29) is 11.6 Å². The van der Waals surface area contributed by atoms with E-state index in [4.69, 9.17) is 5.73 Å². The minimum atomic E-state index is -0.493. The summed E-state index contributed by atoms with van der Waals surface area (Å²) in [6.07, 6.45) is -0.493. The number of aromatic nitrogens is 1. The standard InChI is InChI=1S/C11H15BrN4O/c1-5(2)16-9-7(4-8(12)10(16)17)6(3)14-11(13)15-9/h4-5,11,14H,13H2,1-3H3. The van der Waals surface area contributed by atoms with Gasteiger partial charge in [0.1, 0.15) is 5.49 Å². The Morgan fingerprint density at radius 2 is 2.24 bits per heavy atom. The first-order chi connectivity index (χ1) is 7.91. The SMILES string of the molecule is CC1=c2cc(Br)c(=O)n(C(C)C)c2=NC(N)N1. The summed E-state index contributed by atoms with van der Waals surface area (Å²) in [6.45, 7) is 5.83. The summed E-state index contributed by atoms with van der Waals surface area (Å²) in [4.78, 5) is 16.4. The van der Waals surface area contributed by atoms with Gasteiger partial charge in [0, 0.05) is 17.0 Å². The van der Waals surface area contributed by atoms with Crippen molar-refractivity contribution in [3.63, 3.8) is 0 Å². The lowest BCUT2D eigenvalue weighted by atomic mass is 10.2. The largest absolute Gasteiger partial charge is 0.355 e. The second kappa shape index (κ2) is 4.27. The first kappa shape index (κ1) is 12.3. The van der Waals surface area contributed by atoms with Gasteiger partial charge in [-0.2, -0.15) is 0 Å². The molecule has 0 amide bonds. The normalized spacial score (nSPS) is 18.7. The van der Waals surface area contributed by atoms with Crippen LogP contribution in [0.4, 0.5) is 0 Å². The minimum Gasteiger partial charge on any atom is -0.355 e. The average Bonchev–Trinajstić information content (AvgIpc) is 2.20. The molecule has 0 aromatic carbocycles. The molecule has 0 saturated heterocycles. The number of pyridine rings is 1. The van der Waals surface area contributed by atoms with Gasteiger partial charge in [0.15, 0.2) is 6.29 Å². The molecule has 1 aliphatic rings. The Hall–Kier alpha value is -1.14. The molecule has 5 nitrogen and oxygen atoms in total. The van der Waals surface area contributed by atoms with E-state index in [2.05, 4.69) is 26.2 Å². The number of nitrogens with zero attached hydrogens (tertiary/aromatic N) is 2. The smallest absolute Gasteiger partial charge is 0.266 e. The van der Waals surface area contributed by atoms with E-state index in [1.54, 1.807) is 10.6 Å². The molecular weight excluding hydrogens is 284 g/mol. The predicted octanol–water partition coefficient (Wildman–Crippen LogP) is -0.215. The van der Waals surface area contributed by atoms with Gasteiger partial charge in [-0.05, 0) is 42.8 Å². The van der Waals surface area contributed by atoms with Crippen LogP contribution < -0.4 is 27.3 Å². The van der Waals surface area contributed by atoms with Gasteiger partial charge in [-0.15, -0.1) is 0 Å². The van der Waals surface area contributed by atoms with E-state index in [0.717, 1.165) is 10.9 Å². The van der Waals surface area contributed by atoms with Gasteiger partial charge in [-0.25, -0.2) is 4.99 Å². The van der Waals surface area contributed by atoms with Crippen molar-refractivity contribution in [3.05, 3.63) is 31.6 Å². The lowest BCUT2D eigenvalue weighted by Gasteiger charge is -2.20. The molecule has 1 unspecified atom stereocenters. The van der Waals surface area contributed by atoms with Crippen LogP contribution in [0.25, 0.3) is 5.70 Å². The molecule has 1 aromatic heterocycles. The van der Waals surface area contributed by atoms with E-state index in [9.17, 15) is 4.79 Å². The lowest BCUT2D eigenvalue weighted by Crippen LogP contribution is -2.53. The first-order valence-corrected chi connectivity index (χ1v) is 6.23. The van der Waals surface area contributed by atoms with Crippen LogP contribution in [0.15, 0.2) is 20.3 Å². The monoisotopic (exact) mass is 298 g/mol. The number of nitrogens with two attached hydrogens (primary N) is 1. The fourth-order valence-electron chi connectivity index (χ4n) is 1.94. The van der Waals surface area contributed by atoms with Crippen LogP contribution >= 0.6 is 15.9 Å². The Kier molecular flexibility index (Phi) is 3.09. The summed E-state index contributed by atoms with van der Waals surface area (Å²) < 4.78 is 2.20. The third-order valence-electron chi connectivity index (χ3n) is 2.71. The van der Waals surface area contributed by atoms with Crippen LogP contribution in [-0.4, -0.2) is 10.9 Å². The van der Waals surface area contributed by atoms with E-state index in [1.165, 1.54) is 0 Å². The van der Waals surface area contributed by atoms with Crippen molar-refractivity contribution in [2.24, 2.45) is 10.7 Å².